The van der Waals surface area contributed by atoms with E-state index in [0.717, 1.165) is 19.0 Å². The minimum atomic E-state index is -0.508. The predicted molar refractivity (Wildman–Crippen MR) is 85.1 cm³/mol. The molecule has 3 nitrogen and oxygen atoms in total. The monoisotopic (exact) mass is 454 g/mol. The van der Waals surface area contributed by atoms with Gasteiger partial charge in [0.2, 0.25) is 0 Å². The Kier molecular flexibility index (Phi) is 6.73. The van der Waals surface area contributed by atoms with Gasteiger partial charge in [0.1, 0.15) is 0 Å². The van der Waals surface area contributed by atoms with E-state index in [2.05, 4.69) is 54.4 Å². The van der Waals surface area contributed by atoms with Gasteiger partial charge in [0, 0.05) is 31.7 Å². The van der Waals surface area contributed by atoms with Crippen LogP contribution < -0.4 is 0 Å². The van der Waals surface area contributed by atoms with Crippen LogP contribution in [0, 0.1) is 0 Å². The molecular formula is C13H13Br3O3. The van der Waals surface area contributed by atoms with Crippen LogP contribution in [0.3, 0.4) is 0 Å². The Labute approximate surface area is 137 Å². The number of carbonyl (C=O) groups excluding carboxylic acids is 1. The molecule has 0 aromatic heterocycles. The van der Waals surface area contributed by atoms with Crippen LogP contribution in [0.5, 0.6) is 0 Å². The first-order valence-corrected chi connectivity index (χ1v) is 7.74. The fourth-order valence-corrected chi connectivity index (χ4v) is 4.19. The standard InChI is InChI=1S/C13H13Br3O3/c1-7(2)13(17)19-11(6-18-3)12-9(15)4-8(14)5-10(12)16/h4-5,11H,1,6H2,2-3H3. The molecule has 0 saturated carbocycles. The van der Waals surface area contributed by atoms with Gasteiger partial charge in [-0.1, -0.05) is 54.4 Å². The van der Waals surface area contributed by atoms with Crippen molar-refractivity contribution in [1.29, 1.82) is 0 Å². The lowest BCUT2D eigenvalue weighted by Gasteiger charge is -2.20. The number of hydrogen-bond acceptors (Lipinski definition) is 3. The van der Waals surface area contributed by atoms with Crippen LogP contribution in [0.25, 0.3) is 0 Å². The molecule has 0 aliphatic carbocycles. The van der Waals surface area contributed by atoms with Gasteiger partial charge in [-0.3, -0.25) is 0 Å². The summed E-state index contributed by atoms with van der Waals surface area (Å²) in [5.74, 6) is -0.441. The van der Waals surface area contributed by atoms with Gasteiger partial charge in [-0.15, -0.1) is 0 Å². The van der Waals surface area contributed by atoms with E-state index in [0.29, 0.717) is 5.57 Å². The van der Waals surface area contributed by atoms with Crippen LogP contribution in [0.2, 0.25) is 0 Å². The fourth-order valence-electron chi connectivity index (χ4n) is 1.42. The molecule has 0 saturated heterocycles. The quantitative estimate of drug-likeness (QED) is 0.472. The van der Waals surface area contributed by atoms with Crippen LogP contribution in [-0.2, 0) is 14.3 Å². The number of carbonyl (C=O) groups is 1. The van der Waals surface area contributed by atoms with Crippen molar-refractivity contribution in [2.24, 2.45) is 0 Å². The molecule has 0 aliphatic rings. The van der Waals surface area contributed by atoms with E-state index in [4.69, 9.17) is 9.47 Å². The van der Waals surface area contributed by atoms with Crippen molar-refractivity contribution in [3.05, 3.63) is 43.3 Å². The number of ether oxygens (including phenoxy) is 2. The molecule has 0 heterocycles. The highest BCUT2D eigenvalue weighted by molar-refractivity contribution is 9.11. The maximum atomic E-state index is 11.7. The van der Waals surface area contributed by atoms with E-state index in [1.165, 1.54) is 0 Å². The summed E-state index contributed by atoms with van der Waals surface area (Å²) in [4.78, 5) is 11.7. The van der Waals surface area contributed by atoms with Crippen LogP contribution in [0.4, 0.5) is 0 Å². The minimum absolute atomic E-state index is 0.262. The highest BCUT2D eigenvalue weighted by Crippen LogP contribution is 2.36. The molecule has 0 spiro atoms. The summed E-state index contributed by atoms with van der Waals surface area (Å²) in [7, 11) is 1.56. The maximum Gasteiger partial charge on any atom is 0.333 e. The van der Waals surface area contributed by atoms with E-state index in [9.17, 15) is 4.79 Å². The molecule has 1 rings (SSSR count). The lowest BCUT2D eigenvalue weighted by molar-refractivity contribution is -0.147. The average Bonchev–Trinajstić information content (AvgIpc) is 2.27. The van der Waals surface area contributed by atoms with E-state index in [1.807, 2.05) is 12.1 Å². The summed E-state index contributed by atoms with van der Waals surface area (Å²) >= 11 is 10.3. The molecule has 0 bridgehead atoms. The average molecular weight is 457 g/mol. The third-order valence-electron chi connectivity index (χ3n) is 2.28. The summed E-state index contributed by atoms with van der Waals surface area (Å²) in [5, 5.41) is 0. The first-order valence-electron chi connectivity index (χ1n) is 5.36. The lowest BCUT2D eigenvalue weighted by atomic mass is 10.1. The molecule has 19 heavy (non-hydrogen) atoms. The van der Waals surface area contributed by atoms with Crippen molar-refractivity contribution in [3.8, 4) is 0 Å². The Bertz CT molecular complexity index is 477. The Morgan fingerprint density at radius 1 is 1.32 bits per heavy atom. The summed E-state index contributed by atoms with van der Waals surface area (Å²) in [6.45, 7) is 5.45. The highest BCUT2D eigenvalue weighted by Gasteiger charge is 2.22. The summed E-state index contributed by atoms with van der Waals surface area (Å²) in [6.07, 6.45) is -0.508. The third-order valence-corrected chi connectivity index (χ3v) is 4.05. The number of benzene rings is 1. The highest BCUT2D eigenvalue weighted by atomic mass is 79.9. The van der Waals surface area contributed by atoms with E-state index in [1.54, 1.807) is 14.0 Å². The first-order chi connectivity index (χ1) is 8.86. The molecule has 1 aromatic rings. The smallest absolute Gasteiger partial charge is 0.333 e. The van der Waals surface area contributed by atoms with Gasteiger partial charge >= 0.3 is 5.97 Å². The van der Waals surface area contributed by atoms with Crippen LogP contribution in [0.15, 0.2) is 37.7 Å². The normalized spacial score (nSPS) is 12.1. The zero-order chi connectivity index (χ0) is 14.6. The molecule has 1 atom stereocenters. The van der Waals surface area contributed by atoms with Gasteiger partial charge in [0.25, 0.3) is 0 Å². The predicted octanol–water partition coefficient (Wildman–Crippen LogP) is 4.78. The van der Waals surface area contributed by atoms with Crippen molar-refractivity contribution in [1.82, 2.24) is 0 Å². The fraction of sp³-hybridized carbons (Fsp3) is 0.308. The van der Waals surface area contributed by atoms with E-state index >= 15 is 0 Å². The SMILES string of the molecule is C=C(C)C(=O)OC(COC)c1c(Br)cc(Br)cc1Br. The van der Waals surface area contributed by atoms with Crippen LogP contribution >= 0.6 is 47.8 Å². The summed E-state index contributed by atoms with van der Waals surface area (Å²) in [6, 6.07) is 3.77. The number of esters is 1. The van der Waals surface area contributed by atoms with Gasteiger partial charge in [-0.25, -0.2) is 4.79 Å². The van der Waals surface area contributed by atoms with Crippen molar-refractivity contribution >= 4 is 53.8 Å². The molecule has 1 unspecified atom stereocenters. The van der Waals surface area contributed by atoms with Gasteiger partial charge in [-0.05, 0) is 19.1 Å². The molecule has 0 radical (unpaired) electrons. The molecule has 0 fully saturated rings. The molecule has 1 aromatic carbocycles. The maximum absolute atomic E-state index is 11.7. The van der Waals surface area contributed by atoms with Crippen molar-refractivity contribution in [2.75, 3.05) is 13.7 Å². The summed E-state index contributed by atoms with van der Waals surface area (Å²) in [5.41, 5.74) is 1.17. The second-order valence-corrected chi connectivity index (χ2v) is 6.54. The van der Waals surface area contributed by atoms with Gasteiger partial charge < -0.3 is 9.47 Å². The Balaban J connectivity index is 3.12. The Morgan fingerprint density at radius 3 is 2.26 bits per heavy atom. The second kappa shape index (κ2) is 7.57. The van der Waals surface area contributed by atoms with Crippen molar-refractivity contribution < 1.29 is 14.3 Å². The molecular weight excluding hydrogens is 444 g/mol. The second-order valence-electron chi connectivity index (χ2n) is 3.91. The van der Waals surface area contributed by atoms with E-state index < -0.39 is 12.1 Å². The largest absolute Gasteiger partial charge is 0.452 e. The van der Waals surface area contributed by atoms with Crippen molar-refractivity contribution in [2.45, 2.75) is 13.0 Å². The Morgan fingerprint density at radius 2 is 1.84 bits per heavy atom. The first kappa shape index (κ1) is 16.9. The molecule has 0 aliphatic heterocycles. The Hall–Kier alpha value is -0.170. The van der Waals surface area contributed by atoms with Crippen LogP contribution in [0.1, 0.15) is 18.6 Å². The van der Waals surface area contributed by atoms with Gasteiger partial charge in [0.05, 0.1) is 6.61 Å². The number of methoxy groups -OCH3 is 1. The number of halogens is 3. The summed E-state index contributed by atoms with van der Waals surface area (Å²) < 4.78 is 13.1. The zero-order valence-electron chi connectivity index (χ0n) is 10.5. The topological polar surface area (TPSA) is 35.5 Å². The van der Waals surface area contributed by atoms with E-state index in [-0.39, 0.29) is 6.61 Å². The molecule has 6 heteroatoms. The van der Waals surface area contributed by atoms with Gasteiger partial charge in [-0.2, -0.15) is 0 Å². The lowest BCUT2D eigenvalue weighted by Crippen LogP contribution is -2.17. The number of rotatable bonds is 5. The van der Waals surface area contributed by atoms with Crippen molar-refractivity contribution in [3.63, 3.8) is 0 Å². The number of hydrogen-bond donors (Lipinski definition) is 0. The molecule has 0 N–H and O–H groups in total. The van der Waals surface area contributed by atoms with Gasteiger partial charge in [0.15, 0.2) is 6.10 Å². The molecule has 0 amide bonds. The zero-order valence-corrected chi connectivity index (χ0v) is 15.3. The minimum Gasteiger partial charge on any atom is -0.452 e. The molecule has 104 valence electrons. The van der Waals surface area contributed by atoms with Crippen LogP contribution in [-0.4, -0.2) is 19.7 Å². The third kappa shape index (κ3) is 4.70.